The number of hydrogen-bond donors (Lipinski definition) is 0. The summed E-state index contributed by atoms with van der Waals surface area (Å²) in [5, 5.41) is 0. The van der Waals surface area contributed by atoms with Gasteiger partial charge in [-0.25, -0.2) is 0 Å². The summed E-state index contributed by atoms with van der Waals surface area (Å²) in [4.78, 5) is 23.6. The predicted octanol–water partition coefficient (Wildman–Crippen LogP) is 1.20. The standard InChI is InChI=1S/C10H13NO3/c1-2-14-10(13)6-4-8-11-7-3-5-9(11)12/h2,4,8H,1,3,5-7H2. The summed E-state index contributed by atoms with van der Waals surface area (Å²) in [5.41, 5.74) is 0. The van der Waals surface area contributed by atoms with Gasteiger partial charge in [0.05, 0.1) is 12.7 Å². The van der Waals surface area contributed by atoms with Crippen molar-refractivity contribution in [3.8, 4) is 0 Å². The molecule has 0 aromatic rings. The molecule has 1 amide bonds. The lowest BCUT2D eigenvalue weighted by molar-refractivity contribution is -0.137. The number of carbonyl (C=O) groups excluding carboxylic acids is 2. The minimum atomic E-state index is -0.372. The summed E-state index contributed by atoms with van der Waals surface area (Å²) in [6.45, 7) is 4.01. The molecule has 0 atom stereocenters. The van der Waals surface area contributed by atoms with Crippen LogP contribution in [0.2, 0.25) is 0 Å². The Morgan fingerprint density at radius 1 is 1.64 bits per heavy atom. The van der Waals surface area contributed by atoms with Crippen LogP contribution < -0.4 is 0 Å². The minimum absolute atomic E-state index is 0.110. The molecule has 0 aromatic heterocycles. The van der Waals surface area contributed by atoms with E-state index in [0.717, 1.165) is 19.2 Å². The maximum Gasteiger partial charge on any atom is 0.314 e. The van der Waals surface area contributed by atoms with E-state index in [2.05, 4.69) is 11.3 Å². The lowest BCUT2D eigenvalue weighted by Gasteiger charge is -2.07. The third-order valence-corrected chi connectivity index (χ3v) is 1.89. The molecule has 1 aliphatic heterocycles. The maximum atomic E-state index is 11.1. The summed E-state index contributed by atoms with van der Waals surface area (Å²) in [7, 11) is 0. The van der Waals surface area contributed by atoms with E-state index in [1.54, 1.807) is 17.2 Å². The van der Waals surface area contributed by atoms with Crippen LogP contribution in [0.25, 0.3) is 0 Å². The van der Waals surface area contributed by atoms with Crippen molar-refractivity contribution in [1.82, 2.24) is 4.90 Å². The Labute approximate surface area is 82.8 Å². The zero-order valence-corrected chi connectivity index (χ0v) is 7.94. The highest BCUT2D eigenvalue weighted by atomic mass is 16.5. The van der Waals surface area contributed by atoms with E-state index < -0.39 is 0 Å². The predicted molar refractivity (Wildman–Crippen MR) is 51.0 cm³/mol. The van der Waals surface area contributed by atoms with Crippen molar-refractivity contribution in [1.29, 1.82) is 0 Å². The first-order valence-corrected chi connectivity index (χ1v) is 4.50. The van der Waals surface area contributed by atoms with E-state index in [1.165, 1.54) is 0 Å². The van der Waals surface area contributed by atoms with E-state index in [9.17, 15) is 9.59 Å². The van der Waals surface area contributed by atoms with Gasteiger partial charge in [-0.15, -0.1) is 0 Å². The fourth-order valence-corrected chi connectivity index (χ4v) is 1.24. The highest BCUT2D eigenvalue weighted by molar-refractivity contribution is 5.79. The van der Waals surface area contributed by atoms with Gasteiger partial charge in [-0.1, -0.05) is 12.7 Å². The van der Waals surface area contributed by atoms with E-state index >= 15 is 0 Å². The Balaban J connectivity index is 2.29. The van der Waals surface area contributed by atoms with Crippen molar-refractivity contribution in [3.05, 3.63) is 25.1 Å². The molecule has 0 unspecified atom stereocenters. The summed E-state index contributed by atoms with van der Waals surface area (Å²) >= 11 is 0. The van der Waals surface area contributed by atoms with Gasteiger partial charge in [0.1, 0.15) is 0 Å². The van der Waals surface area contributed by atoms with Crippen molar-refractivity contribution in [2.75, 3.05) is 6.54 Å². The molecule has 0 aromatic carbocycles. The van der Waals surface area contributed by atoms with E-state index in [-0.39, 0.29) is 18.3 Å². The largest absolute Gasteiger partial charge is 0.435 e. The van der Waals surface area contributed by atoms with Gasteiger partial charge in [-0.3, -0.25) is 9.59 Å². The molecule has 0 spiro atoms. The fraction of sp³-hybridized carbons (Fsp3) is 0.400. The Bertz CT molecular complexity index is 271. The smallest absolute Gasteiger partial charge is 0.314 e. The van der Waals surface area contributed by atoms with Gasteiger partial charge in [0.15, 0.2) is 0 Å². The summed E-state index contributed by atoms with van der Waals surface area (Å²) in [6.07, 6.45) is 6.00. The van der Waals surface area contributed by atoms with Crippen molar-refractivity contribution >= 4 is 11.9 Å². The first-order chi connectivity index (χ1) is 6.74. The maximum absolute atomic E-state index is 11.1. The van der Waals surface area contributed by atoms with Gasteiger partial charge in [0.2, 0.25) is 5.91 Å². The molecule has 14 heavy (non-hydrogen) atoms. The Morgan fingerprint density at radius 3 is 3.00 bits per heavy atom. The van der Waals surface area contributed by atoms with Gasteiger partial charge in [-0.2, -0.15) is 0 Å². The first-order valence-electron chi connectivity index (χ1n) is 4.50. The average molecular weight is 195 g/mol. The number of ether oxygens (including phenoxy) is 1. The molecule has 0 radical (unpaired) electrons. The SMILES string of the molecule is C=COC(=O)CC=CN1CCCC1=O. The Kier molecular flexibility index (Phi) is 3.91. The molecular weight excluding hydrogens is 182 g/mol. The summed E-state index contributed by atoms with van der Waals surface area (Å²) in [5.74, 6) is -0.263. The lowest BCUT2D eigenvalue weighted by atomic mass is 10.4. The van der Waals surface area contributed by atoms with E-state index in [4.69, 9.17) is 0 Å². The topological polar surface area (TPSA) is 46.6 Å². The van der Waals surface area contributed by atoms with E-state index in [1.807, 2.05) is 0 Å². The number of likely N-dealkylation sites (tertiary alicyclic amines) is 1. The first kappa shape index (κ1) is 10.5. The second-order valence-corrected chi connectivity index (χ2v) is 2.94. The van der Waals surface area contributed by atoms with Crippen LogP contribution in [0.15, 0.2) is 25.1 Å². The van der Waals surface area contributed by atoms with Gasteiger partial charge in [0.25, 0.3) is 0 Å². The molecule has 76 valence electrons. The molecule has 0 bridgehead atoms. The molecule has 1 heterocycles. The van der Waals surface area contributed by atoms with Gasteiger partial charge < -0.3 is 9.64 Å². The van der Waals surface area contributed by atoms with Crippen molar-refractivity contribution in [3.63, 3.8) is 0 Å². The number of carbonyl (C=O) groups is 2. The molecule has 0 aliphatic carbocycles. The molecule has 4 nitrogen and oxygen atoms in total. The third kappa shape index (κ3) is 3.05. The van der Waals surface area contributed by atoms with Crippen LogP contribution in [-0.4, -0.2) is 23.3 Å². The Morgan fingerprint density at radius 2 is 2.43 bits per heavy atom. The van der Waals surface area contributed by atoms with Crippen LogP contribution in [0.5, 0.6) is 0 Å². The van der Waals surface area contributed by atoms with Crippen LogP contribution in [0.3, 0.4) is 0 Å². The molecule has 1 fully saturated rings. The highest BCUT2D eigenvalue weighted by Gasteiger charge is 2.16. The quantitative estimate of drug-likeness (QED) is 0.500. The zero-order valence-electron chi connectivity index (χ0n) is 7.94. The summed E-state index contributed by atoms with van der Waals surface area (Å²) in [6, 6.07) is 0. The van der Waals surface area contributed by atoms with Crippen LogP contribution in [0, 0.1) is 0 Å². The molecule has 0 N–H and O–H groups in total. The number of hydrogen-bond acceptors (Lipinski definition) is 3. The number of esters is 1. The van der Waals surface area contributed by atoms with Crippen LogP contribution in [-0.2, 0) is 14.3 Å². The Hall–Kier alpha value is -1.58. The molecule has 1 aliphatic rings. The molecule has 0 saturated carbocycles. The number of rotatable bonds is 4. The van der Waals surface area contributed by atoms with Crippen molar-refractivity contribution in [2.45, 2.75) is 19.3 Å². The number of amides is 1. The molecular formula is C10H13NO3. The lowest BCUT2D eigenvalue weighted by Crippen LogP contribution is -2.17. The van der Waals surface area contributed by atoms with Crippen LogP contribution in [0.4, 0.5) is 0 Å². The number of nitrogens with zero attached hydrogens (tertiary/aromatic N) is 1. The van der Waals surface area contributed by atoms with Crippen molar-refractivity contribution in [2.24, 2.45) is 0 Å². The second-order valence-electron chi connectivity index (χ2n) is 2.94. The molecule has 4 heteroatoms. The monoisotopic (exact) mass is 195 g/mol. The molecule has 1 saturated heterocycles. The normalized spacial score (nSPS) is 16.3. The fourth-order valence-electron chi connectivity index (χ4n) is 1.24. The second kappa shape index (κ2) is 5.21. The molecule has 1 rings (SSSR count). The average Bonchev–Trinajstić information content (AvgIpc) is 2.52. The van der Waals surface area contributed by atoms with E-state index in [0.29, 0.717) is 6.42 Å². The van der Waals surface area contributed by atoms with Crippen molar-refractivity contribution < 1.29 is 14.3 Å². The highest BCUT2D eigenvalue weighted by Crippen LogP contribution is 2.09. The zero-order chi connectivity index (χ0) is 10.4. The van der Waals surface area contributed by atoms with Crippen LogP contribution in [0.1, 0.15) is 19.3 Å². The van der Waals surface area contributed by atoms with Gasteiger partial charge in [0, 0.05) is 19.2 Å². The van der Waals surface area contributed by atoms with Gasteiger partial charge >= 0.3 is 5.97 Å². The summed E-state index contributed by atoms with van der Waals surface area (Å²) < 4.78 is 4.50. The minimum Gasteiger partial charge on any atom is -0.435 e. The van der Waals surface area contributed by atoms with Crippen LogP contribution >= 0.6 is 0 Å². The third-order valence-electron chi connectivity index (χ3n) is 1.89. The van der Waals surface area contributed by atoms with Gasteiger partial charge in [-0.05, 0) is 6.42 Å².